The van der Waals surface area contributed by atoms with Crippen molar-refractivity contribution in [1.29, 1.82) is 0 Å². The first-order chi connectivity index (χ1) is 13.2. The SMILES string of the molecule is CC(C)[C@@H]1CC[C@@H](C)C[C@H]1C(=O)NCCc1ccccc1OCC[N+](C)(C)C. The molecule has 1 fully saturated rings. The minimum absolute atomic E-state index is 0.166. The number of likely N-dealkylation sites (N-methyl/N-ethyl adjacent to an activating group) is 1. The summed E-state index contributed by atoms with van der Waals surface area (Å²) in [5.41, 5.74) is 1.17. The number of rotatable bonds is 9. The fourth-order valence-electron chi connectivity index (χ4n) is 4.24. The molecule has 4 nitrogen and oxygen atoms in total. The average molecular weight is 390 g/mol. The smallest absolute Gasteiger partial charge is 0.223 e. The van der Waals surface area contributed by atoms with Gasteiger partial charge >= 0.3 is 0 Å². The lowest BCUT2D eigenvalue weighted by molar-refractivity contribution is -0.870. The van der Waals surface area contributed by atoms with Crippen LogP contribution in [0, 0.1) is 23.7 Å². The molecule has 1 N–H and O–H groups in total. The maximum Gasteiger partial charge on any atom is 0.223 e. The molecule has 1 aliphatic rings. The second-order valence-corrected chi connectivity index (χ2v) is 9.94. The first-order valence-corrected chi connectivity index (χ1v) is 11.0. The Labute approximate surface area is 172 Å². The molecule has 0 aromatic heterocycles. The van der Waals surface area contributed by atoms with Crippen LogP contribution < -0.4 is 10.1 Å². The van der Waals surface area contributed by atoms with Crippen molar-refractivity contribution in [3.63, 3.8) is 0 Å². The molecule has 0 unspecified atom stereocenters. The predicted octanol–water partition coefficient (Wildman–Crippen LogP) is 4.14. The van der Waals surface area contributed by atoms with Gasteiger partial charge in [-0.15, -0.1) is 0 Å². The molecule has 0 bridgehead atoms. The normalized spacial score (nSPS) is 22.9. The van der Waals surface area contributed by atoms with E-state index in [2.05, 4.69) is 53.3 Å². The molecule has 0 radical (unpaired) electrons. The van der Waals surface area contributed by atoms with Crippen molar-refractivity contribution in [2.24, 2.45) is 23.7 Å². The summed E-state index contributed by atoms with van der Waals surface area (Å²) in [6.45, 7) is 9.12. The van der Waals surface area contributed by atoms with Gasteiger partial charge in [0.2, 0.25) is 5.91 Å². The van der Waals surface area contributed by atoms with E-state index in [0.717, 1.165) is 29.6 Å². The molecule has 1 aromatic rings. The third-order valence-corrected chi connectivity index (χ3v) is 6.04. The first-order valence-electron chi connectivity index (χ1n) is 11.0. The number of ether oxygens (including phenoxy) is 1. The maximum absolute atomic E-state index is 12.9. The van der Waals surface area contributed by atoms with E-state index >= 15 is 0 Å². The monoisotopic (exact) mass is 389 g/mol. The van der Waals surface area contributed by atoms with Crippen LogP contribution in [0.5, 0.6) is 5.75 Å². The zero-order valence-electron chi connectivity index (χ0n) is 18.8. The molecule has 0 aliphatic heterocycles. The summed E-state index contributed by atoms with van der Waals surface area (Å²) in [4.78, 5) is 12.9. The molecule has 2 rings (SSSR count). The topological polar surface area (TPSA) is 38.3 Å². The van der Waals surface area contributed by atoms with Crippen molar-refractivity contribution >= 4 is 5.91 Å². The summed E-state index contributed by atoms with van der Waals surface area (Å²) in [5, 5.41) is 3.22. The minimum Gasteiger partial charge on any atom is -0.487 e. The Bertz CT molecular complexity index is 621. The number of nitrogens with one attached hydrogen (secondary N) is 1. The lowest BCUT2D eigenvalue weighted by atomic mass is 9.70. The van der Waals surface area contributed by atoms with Crippen LogP contribution in [0.3, 0.4) is 0 Å². The largest absolute Gasteiger partial charge is 0.487 e. The standard InChI is InChI=1S/C24H40N2O2/c1-18(2)21-12-11-19(3)17-22(21)24(27)25-14-13-20-9-7-8-10-23(20)28-16-15-26(4,5)6/h7-10,18-19,21-22H,11-17H2,1-6H3/p+1/t19-,21+,22-/m1/s1. The molecule has 3 atom stereocenters. The Morgan fingerprint density at radius 1 is 1.21 bits per heavy atom. The van der Waals surface area contributed by atoms with Crippen molar-refractivity contribution in [2.75, 3.05) is 40.8 Å². The highest BCUT2D eigenvalue weighted by atomic mass is 16.5. The highest BCUT2D eigenvalue weighted by molar-refractivity contribution is 5.79. The molecular formula is C24H41N2O2+. The highest BCUT2D eigenvalue weighted by Gasteiger charge is 2.35. The van der Waals surface area contributed by atoms with Gasteiger partial charge in [0.25, 0.3) is 0 Å². The third-order valence-electron chi connectivity index (χ3n) is 6.04. The number of hydrogen-bond acceptors (Lipinski definition) is 2. The van der Waals surface area contributed by atoms with Crippen LogP contribution in [0.4, 0.5) is 0 Å². The lowest BCUT2D eigenvalue weighted by Crippen LogP contribution is -2.40. The van der Waals surface area contributed by atoms with Gasteiger partial charge in [0.05, 0.1) is 21.1 Å². The number of benzene rings is 1. The van der Waals surface area contributed by atoms with Crippen LogP contribution in [-0.2, 0) is 11.2 Å². The number of nitrogens with zero attached hydrogens (tertiary/aromatic N) is 1. The molecule has 1 amide bonds. The van der Waals surface area contributed by atoms with Crippen molar-refractivity contribution in [3.8, 4) is 5.75 Å². The van der Waals surface area contributed by atoms with Crippen LogP contribution in [0.1, 0.15) is 45.6 Å². The molecule has 1 saturated carbocycles. The number of amides is 1. The molecule has 0 spiro atoms. The number of quaternary nitrogens is 1. The lowest BCUT2D eigenvalue weighted by Gasteiger charge is -2.36. The Morgan fingerprint density at radius 3 is 2.61 bits per heavy atom. The van der Waals surface area contributed by atoms with Gasteiger partial charge in [0, 0.05) is 12.5 Å². The summed E-state index contributed by atoms with van der Waals surface area (Å²) < 4.78 is 6.91. The molecule has 158 valence electrons. The maximum atomic E-state index is 12.9. The first kappa shape index (κ1) is 22.7. The van der Waals surface area contributed by atoms with Crippen LogP contribution in [0.15, 0.2) is 24.3 Å². The Kier molecular flexibility index (Phi) is 8.36. The van der Waals surface area contributed by atoms with Crippen LogP contribution >= 0.6 is 0 Å². The van der Waals surface area contributed by atoms with Crippen LogP contribution in [0.2, 0.25) is 0 Å². The zero-order chi connectivity index (χ0) is 20.7. The number of carbonyl (C=O) groups is 1. The molecule has 0 heterocycles. The van der Waals surface area contributed by atoms with E-state index in [1.807, 2.05) is 18.2 Å². The van der Waals surface area contributed by atoms with Gasteiger partial charge in [-0.05, 0) is 48.6 Å². The summed E-state index contributed by atoms with van der Waals surface area (Å²) in [6.07, 6.45) is 4.27. The van der Waals surface area contributed by atoms with Gasteiger partial charge in [-0.25, -0.2) is 0 Å². The molecule has 4 heteroatoms. The van der Waals surface area contributed by atoms with E-state index in [4.69, 9.17) is 4.74 Å². The van der Waals surface area contributed by atoms with E-state index in [1.165, 1.54) is 18.4 Å². The van der Waals surface area contributed by atoms with E-state index in [9.17, 15) is 4.79 Å². The van der Waals surface area contributed by atoms with Crippen LogP contribution in [-0.4, -0.2) is 51.2 Å². The van der Waals surface area contributed by atoms with Gasteiger partial charge in [0.15, 0.2) is 0 Å². The van der Waals surface area contributed by atoms with E-state index in [1.54, 1.807) is 0 Å². The van der Waals surface area contributed by atoms with Gasteiger partial charge < -0.3 is 14.5 Å². The molecule has 1 aliphatic carbocycles. The number of para-hydroxylation sites is 1. The van der Waals surface area contributed by atoms with Gasteiger partial charge in [0.1, 0.15) is 18.9 Å². The van der Waals surface area contributed by atoms with E-state index in [-0.39, 0.29) is 11.8 Å². The average Bonchev–Trinajstić information content (AvgIpc) is 2.61. The van der Waals surface area contributed by atoms with Crippen molar-refractivity contribution in [2.45, 2.75) is 46.5 Å². The summed E-state index contributed by atoms with van der Waals surface area (Å²) in [6, 6.07) is 8.19. The Morgan fingerprint density at radius 2 is 1.93 bits per heavy atom. The molecule has 0 saturated heterocycles. The van der Waals surface area contributed by atoms with E-state index in [0.29, 0.717) is 30.9 Å². The second-order valence-electron chi connectivity index (χ2n) is 9.94. The number of carbonyl (C=O) groups excluding carboxylic acids is 1. The molecule has 28 heavy (non-hydrogen) atoms. The fraction of sp³-hybridized carbons (Fsp3) is 0.708. The quantitative estimate of drug-likeness (QED) is 0.645. The Balaban J connectivity index is 1.87. The molecular weight excluding hydrogens is 348 g/mol. The summed E-state index contributed by atoms with van der Waals surface area (Å²) in [5.74, 6) is 3.09. The second kappa shape index (κ2) is 10.3. The summed E-state index contributed by atoms with van der Waals surface area (Å²) >= 11 is 0. The molecule has 1 aromatic carbocycles. The summed E-state index contributed by atoms with van der Waals surface area (Å²) in [7, 11) is 6.50. The van der Waals surface area contributed by atoms with Gasteiger partial charge in [-0.2, -0.15) is 0 Å². The Hall–Kier alpha value is -1.55. The number of hydrogen-bond donors (Lipinski definition) is 1. The van der Waals surface area contributed by atoms with Crippen molar-refractivity contribution in [3.05, 3.63) is 29.8 Å². The minimum atomic E-state index is 0.166. The predicted molar refractivity (Wildman–Crippen MR) is 116 cm³/mol. The van der Waals surface area contributed by atoms with Gasteiger partial charge in [-0.1, -0.05) is 45.4 Å². The fourth-order valence-corrected chi connectivity index (χ4v) is 4.24. The van der Waals surface area contributed by atoms with Gasteiger partial charge in [-0.3, -0.25) is 4.79 Å². The van der Waals surface area contributed by atoms with Crippen molar-refractivity contribution < 1.29 is 14.0 Å². The van der Waals surface area contributed by atoms with E-state index < -0.39 is 0 Å². The zero-order valence-corrected chi connectivity index (χ0v) is 18.8. The van der Waals surface area contributed by atoms with Crippen LogP contribution in [0.25, 0.3) is 0 Å². The van der Waals surface area contributed by atoms with Crippen molar-refractivity contribution in [1.82, 2.24) is 5.32 Å². The highest BCUT2D eigenvalue weighted by Crippen LogP contribution is 2.38. The third kappa shape index (κ3) is 7.12.